The van der Waals surface area contributed by atoms with Gasteiger partial charge >= 0.3 is 0 Å². The average molecular weight is 387 g/mol. The molecule has 3 aromatic rings. The van der Waals surface area contributed by atoms with Crippen molar-refractivity contribution >= 4 is 29.7 Å². The van der Waals surface area contributed by atoms with Crippen LogP contribution in [0.1, 0.15) is 24.3 Å². The Morgan fingerprint density at radius 3 is 2.81 bits per heavy atom. The number of fused-ring (bicyclic) bond motifs is 1. The maximum atomic E-state index is 12.7. The maximum Gasteiger partial charge on any atom is 0.240 e. The Balaban J connectivity index is 0.00000210. The number of hydrogen-bond acceptors (Lipinski definition) is 7. The molecule has 27 heavy (non-hydrogen) atoms. The first-order valence-electron chi connectivity index (χ1n) is 8.50. The molecule has 8 nitrogen and oxygen atoms in total. The summed E-state index contributed by atoms with van der Waals surface area (Å²) in [5.41, 5.74) is 8.74. The first-order valence-corrected chi connectivity index (χ1v) is 8.50. The number of carbonyl (C=O) groups excluding carboxylic acids is 1. The van der Waals surface area contributed by atoms with Gasteiger partial charge in [-0.2, -0.15) is 4.98 Å². The highest BCUT2D eigenvalue weighted by molar-refractivity contribution is 5.95. The predicted molar refractivity (Wildman–Crippen MR) is 102 cm³/mol. The Hall–Kier alpha value is -3.00. The summed E-state index contributed by atoms with van der Waals surface area (Å²) in [4.78, 5) is 26.9. The number of amides is 1. The largest absolute Gasteiger partial charge is 0.398 e. The van der Waals surface area contributed by atoms with E-state index in [0.29, 0.717) is 30.5 Å². The van der Waals surface area contributed by atoms with Crippen LogP contribution in [0.25, 0.3) is 11.6 Å². The van der Waals surface area contributed by atoms with E-state index in [0.717, 1.165) is 29.8 Å². The van der Waals surface area contributed by atoms with Gasteiger partial charge in [-0.25, -0.2) is 9.97 Å². The summed E-state index contributed by atoms with van der Waals surface area (Å²) in [7, 11) is 0. The number of anilines is 2. The molecule has 0 bridgehead atoms. The van der Waals surface area contributed by atoms with E-state index < -0.39 is 0 Å². The van der Waals surface area contributed by atoms with E-state index in [2.05, 4.69) is 20.1 Å². The van der Waals surface area contributed by atoms with Crippen molar-refractivity contribution < 1.29 is 9.32 Å². The van der Waals surface area contributed by atoms with Gasteiger partial charge in [0.2, 0.25) is 23.4 Å². The molecule has 0 radical (unpaired) electrons. The van der Waals surface area contributed by atoms with Gasteiger partial charge < -0.3 is 15.2 Å². The van der Waals surface area contributed by atoms with Crippen LogP contribution in [0, 0.1) is 0 Å². The summed E-state index contributed by atoms with van der Waals surface area (Å²) < 4.78 is 5.21. The fourth-order valence-electron chi connectivity index (χ4n) is 3.12. The standard InChI is InChI=1S/C18H18N6O2.ClH/c19-13-5-1-6-14-12(13)4-2-11-24(14)16(25)8-7-15-22-18(23-26-15)17-20-9-3-10-21-17;/h1,3,5-6,9-10H,2,4,7-8,11,19H2;1H. The summed E-state index contributed by atoms with van der Waals surface area (Å²) in [5, 5.41) is 3.87. The number of nitrogens with zero attached hydrogens (tertiary/aromatic N) is 5. The van der Waals surface area contributed by atoms with Crippen molar-refractivity contribution in [2.75, 3.05) is 17.2 Å². The van der Waals surface area contributed by atoms with Crippen LogP contribution >= 0.6 is 12.4 Å². The molecule has 0 saturated carbocycles. The summed E-state index contributed by atoms with van der Waals surface area (Å²) in [6, 6.07) is 7.41. The Kier molecular flexibility index (Phi) is 5.66. The molecule has 2 aromatic heterocycles. The van der Waals surface area contributed by atoms with E-state index in [1.54, 1.807) is 23.4 Å². The quantitative estimate of drug-likeness (QED) is 0.685. The topological polar surface area (TPSA) is 111 Å². The lowest BCUT2D eigenvalue weighted by molar-refractivity contribution is -0.118. The van der Waals surface area contributed by atoms with Gasteiger partial charge in [-0.3, -0.25) is 4.79 Å². The first-order chi connectivity index (χ1) is 12.7. The molecule has 3 heterocycles. The van der Waals surface area contributed by atoms with Crippen molar-refractivity contribution in [2.24, 2.45) is 0 Å². The first kappa shape index (κ1) is 18.8. The maximum absolute atomic E-state index is 12.7. The molecule has 0 atom stereocenters. The molecule has 9 heteroatoms. The Labute approximate surface area is 162 Å². The van der Waals surface area contributed by atoms with Gasteiger partial charge in [-0.05, 0) is 36.6 Å². The number of benzene rings is 1. The zero-order valence-corrected chi connectivity index (χ0v) is 15.4. The fourth-order valence-corrected chi connectivity index (χ4v) is 3.12. The Bertz CT molecular complexity index is 931. The molecule has 1 aliphatic rings. The highest BCUT2D eigenvalue weighted by atomic mass is 35.5. The summed E-state index contributed by atoms with van der Waals surface area (Å²) in [6.45, 7) is 0.697. The molecule has 1 aliphatic heterocycles. The van der Waals surface area contributed by atoms with Gasteiger partial charge in [-0.1, -0.05) is 11.2 Å². The van der Waals surface area contributed by atoms with E-state index in [1.807, 2.05) is 18.2 Å². The van der Waals surface area contributed by atoms with Crippen molar-refractivity contribution in [3.05, 3.63) is 48.1 Å². The third kappa shape index (κ3) is 3.90. The summed E-state index contributed by atoms with van der Waals surface area (Å²) >= 11 is 0. The van der Waals surface area contributed by atoms with Crippen molar-refractivity contribution in [1.82, 2.24) is 20.1 Å². The normalized spacial score (nSPS) is 13.0. The molecular formula is C18H19ClN6O2. The van der Waals surface area contributed by atoms with Gasteiger partial charge in [0.1, 0.15) is 0 Å². The zero-order valence-electron chi connectivity index (χ0n) is 14.5. The minimum Gasteiger partial charge on any atom is -0.398 e. The van der Waals surface area contributed by atoms with E-state index >= 15 is 0 Å². The third-order valence-corrected chi connectivity index (χ3v) is 4.37. The number of carbonyl (C=O) groups is 1. The Morgan fingerprint density at radius 1 is 1.19 bits per heavy atom. The van der Waals surface area contributed by atoms with Crippen LogP contribution in [-0.4, -0.2) is 32.6 Å². The van der Waals surface area contributed by atoms with Gasteiger partial charge in [-0.15, -0.1) is 12.4 Å². The number of rotatable bonds is 4. The van der Waals surface area contributed by atoms with Gasteiger partial charge in [0.05, 0.1) is 0 Å². The smallest absolute Gasteiger partial charge is 0.240 e. The highest BCUT2D eigenvalue weighted by Crippen LogP contribution is 2.31. The Morgan fingerprint density at radius 2 is 2.00 bits per heavy atom. The molecule has 0 fully saturated rings. The fraction of sp³-hybridized carbons (Fsp3) is 0.278. The molecule has 0 aliphatic carbocycles. The minimum atomic E-state index is 0. The molecule has 140 valence electrons. The second kappa shape index (κ2) is 8.13. The monoisotopic (exact) mass is 386 g/mol. The van der Waals surface area contributed by atoms with Gasteiger partial charge in [0.25, 0.3) is 0 Å². The van der Waals surface area contributed by atoms with Crippen molar-refractivity contribution in [3.63, 3.8) is 0 Å². The molecular weight excluding hydrogens is 368 g/mol. The number of halogens is 1. The lowest BCUT2D eigenvalue weighted by Gasteiger charge is -2.30. The SMILES string of the molecule is Cl.Nc1cccc2c1CCCN2C(=O)CCc1nc(-c2ncccn2)no1. The molecule has 1 amide bonds. The van der Waals surface area contributed by atoms with Gasteiger partial charge in [0.15, 0.2) is 0 Å². The third-order valence-electron chi connectivity index (χ3n) is 4.37. The van der Waals surface area contributed by atoms with Crippen molar-refractivity contribution in [3.8, 4) is 11.6 Å². The average Bonchev–Trinajstić information content (AvgIpc) is 3.16. The van der Waals surface area contributed by atoms with Crippen LogP contribution in [0.4, 0.5) is 11.4 Å². The molecule has 0 unspecified atom stereocenters. The molecule has 4 rings (SSSR count). The number of aromatic nitrogens is 4. The molecule has 0 saturated heterocycles. The van der Waals surface area contributed by atoms with E-state index in [9.17, 15) is 4.79 Å². The number of nitrogen functional groups attached to an aromatic ring is 1. The lowest BCUT2D eigenvalue weighted by atomic mass is 9.99. The molecule has 2 N–H and O–H groups in total. The molecule has 1 aromatic carbocycles. The predicted octanol–water partition coefficient (Wildman–Crippen LogP) is 2.44. The van der Waals surface area contributed by atoms with Crippen LogP contribution in [0.15, 0.2) is 41.2 Å². The summed E-state index contributed by atoms with van der Waals surface area (Å²) in [6.07, 6.45) is 5.68. The van der Waals surface area contributed by atoms with Crippen molar-refractivity contribution in [1.29, 1.82) is 0 Å². The highest BCUT2D eigenvalue weighted by Gasteiger charge is 2.24. The number of nitrogens with two attached hydrogens (primary N) is 1. The number of hydrogen-bond donors (Lipinski definition) is 1. The molecule has 0 spiro atoms. The zero-order chi connectivity index (χ0) is 17.9. The second-order valence-electron chi connectivity index (χ2n) is 6.08. The van der Waals surface area contributed by atoms with E-state index in [-0.39, 0.29) is 24.7 Å². The van der Waals surface area contributed by atoms with Crippen LogP contribution in [0.3, 0.4) is 0 Å². The van der Waals surface area contributed by atoms with Crippen molar-refractivity contribution in [2.45, 2.75) is 25.7 Å². The number of aryl methyl sites for hydroxylation is 1. The van der Waals surface area contributed by atoms with E-state index in [1.165, 1.54) is 0 Å². The minimum absolute atomic E-state index is 0. The lowest BCUT2D eigenvalue weighted by Crippen LogP contribution is -2.35. The second-order valence-corrected chi connectivity index (χ2v) is 6.08. The van der Waals surface area contributed by atoms with Crippen LogP contribution in [0.2, 0.25) is 0 Å². The van der Waals surface area contributed by atoms with E-state index in [4.69, 9.17) is 10.3 Å². The van der Waals surface area contributed by atoms with Crippen LogP contribution < -0.4 is 10.6 Å². The van der Waals surface area contributed by atoms with Crippen LogP contribution in [0.5, 0.6) is 0 Å². The van der Waals surface area contributed by atoms with Crippen LogP contribution in [-0.2, 0) is 17.6 Å². The van der Waals surface area contributed by atoms with Gasteiger partial charge in [0, 0.05) is 43.2 Å². The summed E-state index contributed by atoms with van der Waals surface area (Å²) in [5.74, 6) is 1.14.